The van der Waals surface area contributed by atoms with Crippen LogP contribution in [0.2, 0.25) is 0 Å². The predicted molar refractivity (Wildman–Crippen MR) is 105 cm³/mol. The van der Waals surface area contributed by atoms with Gasteiger partial charge in [-0.15, -0.1) is 0 Å². The van der Waals surface area contributed by atoms with E-state index in [1.165, 1.54) is 17.7 Å². The molecule has 3 aromatic rings. The van der Waals surface area contributed by atoms with E-state index < -0.39 is 4.92 Å². The Morgan fingerprint density at radius 2 is 1.69 bits per heavy atom. The van der Waals surface area contributed by atoms with Crippen molar-refractivity contribution in [2.45, 2.75) is 27.7 Å². The van der Waals surface area contributed by atoms with Crippen LogP contribution in [0.5, 0.6) is 0 Å². The Morgan fingerprint density at radius 1 is 1.00 bits per heavy atom. The molecule has 0 amide bonds. The summed E-state index contributed by atoms with van der Waals surface area (Å²) in [6, 6.07) is 15.2. The lowest BCUT2D eigenvalue weighted by atomic mass is 10.2. The smallest absolute Gasteiger partial charge is 0.271 e. The lowest BCUT2D eigenvalue weighted by molar-refractivity contribution is -0.384. The summed E-state index contributed by atoms with van der Waals surface area (Å²) in [4.78, 5) is 15.1. The van der Waals surface area contributed by atoms with E-state index in [9.17, 15) is 10.1 Å². The molecule has 0 aliphatic rings. The minimum absolute atomic E-state index is 0.0490. The van der Waals surface area contributed by atoms with E-state index in [0.29, 0.717) is 5.69 Å². The van der Waals surface area contributed by atoms with Crippen molar-refractivity contribution in [1.82, 2.24) is 4.57 Å². The summed E-state index contributed by atoms with van der Waals surface area (Å²) in [6.45, 7) is 8.07. The summed E-state index contributed by atoms with van der Waals surface area (Å²) in [6.07, 6.45) is 1.78. The highest BCUT2D eigenvalue weighted by Gasteiger charge is 2.11. The van der Waals surface area contributed by atoms with Crippen molar-refractivity contribution in [3.63, 3.8) is 0 Å². The van der Waals surface area contributed by atoms with Gasteiger partial charge in [-0.1, -0.05) is 23.8 Å². The fraction of sp³-hybridized carbons (Fsp3) is 0.190. The predicted octanol–water partition coefficient (Wildman–Crippen LogP) is 5.37. The fourth-order valence-electron chi connectivity index (χ4n) is 3.00. The van der Waals surface area contributed by atoms with Crippen LogP contribution in [0.25, 0.3) is 5.69 Å². The highest BCUT2D eigenvalue weighted by Crippen LogP contribution is 2.25. The normalized spacial score (nSPS) is 11.2. The zero-order valence-corrected chi connectivity index (χ0v) is 15.4. The average molecular weight is 347 g/mol. The van der Waals surface area contributed by atoms with Gasteiger partial charge in [0.15, 0.2) is 0 Å². The van der Waals surface area contributed by atoms with Crippen LogP contribution < -0.4 is 0 Å². The van der Waals surface area contributed by atoms with E-state index in [1.807, 2.05) is 6.92 Å². The second-order valence-electron chi connectivity index (χ2n) is 6.48. The standard InChI is InChI=1S/C21H21N3O2/c1-14-5-8-19(9-6-14)23-16(3)11-18(17(23)4)13-22-21-12-20(24(25)26)10-7-15(21)2/h5-13H,1-4H3. The summed E-state index contributed by atoms with van der Waals surface area (Å²) >= 11 is 0. The molecule has 0 aliphatic heterocycles. The lowest BCUT2D eigenvalue weighted by Gasteiger charge is -2.09. The zero-order valence-electron chi connectivity index (χ0n) is 15.4. The molecule has 2 aromatic carbocycles. The molecule has 0 atom stereocenters. The molecule has 3 rings (SSSR count). The molecule has 0 spiro atoms. The monoisotopic (exact) mass is 347 g/mol. The van der Waals surface area contributed by atoms with Crippen LogP contribution in [0.3, 0.4) is 0 Å². The topological polar surface area (TPSA) is 60.4 Å². The number of hydrogen-bond donors (Lipinski definition) is 0. The van der Waals surface area contributed by atoms with Crippen LogP contribution in [0.1, 0.15) is 28.1 Å². The molecule has 0 fully saturated rings. The van der Waals surface area contributed by atoms with Gasteiger partial charge in [-0.05, 0) is 51.5 Å². The van der Waals surface area contributed by atoms with Crippen LogP contribution in [0, 0.1) is 37.8 Å². The summed E-state index contributed by atoms with van der Waals surface area (Å²) in [5, 5.41) is 11.0. The third-order valence-corrected chi connectivity index (χ3v) is 4.51. The largest absolute Gasteiger partial charge is 0.318 e. The number of aromatic nitrogens is 1. The molecule has 5 nitrogen and oxygen atoms in total. The molecule has 0 saturated carbocycles. The Kier molecular flexibility index (Phi) is 4.71. The number of benzene rings is 2. The first kappa shape index (κ1) is 17.6. The quantitative estimate of drug-likeness (QED) is 0.362. The van der Waals surface area contributed by atoms with Gasteiger partial charge in [-0.2, -0.15) is 0 Å². The number of nitro groups is 1. The molecule has 5 heteroatoms. The summed E-state index contributed by atoms with van der Waals surface area (Å²) in [5.41, 5.74) is 7.08. The van der Waals surface area contributed by atoms with Gasteiger partial charge in [-0.25, -0.2) is 0 Å². The number of nitro benzene ring substituents is 1. The molecule has 0 unspecified atom stereocenters. The molecule has 1 heterocycles. The Hall–Kier alpha value is -3.21. The molecule has 0 radical (unpaired) electrons. The molecule has 1 aromatic heterocycles. The third-order valence-electron chi connectivity index (χ3n) is 4.51. The van der Waals surface area contributed by atoms with Crippen molar-refractivity contribution in [3.8, 4) is 5.69 Å². The molecule has 0 bridgehead atoms. The van der Waals surface area contributed by atoms with E-state index in [2.05, 4.69) is 60.7 Å². The molecule has 0 saturated heterocycles. The Morgan fingerprint density at radius 3 is 2.35 bits per heavy atom. The zero-order chi connectivity index (χ0) is 18.8. The maximum atomic E-state index is 11.0. The van der Waals surface area contributed by atoms with E-state index in [-0.39, 0.29) is 5.69 Å². The first-order valence-electron chi connectivity index (χ1n) is 8.42. The van der Waals surface area contributed by atoms with Gasteiger partial charge in [0.05, 0.1) is 10.6 Å². The molecular formula is C21H21N3O2. The maximum Gasteiger partial charge on any atom is 0.271 e. The van der Waals surface area contributed by atoms with Gasteiger partial charge in [0.1, 0.15) is 0 Å². The molecular weight excluding hydrogens is 326 g/mol. The summed E-state index contributed by atoms with van der Waals surface area (Å²) in [7, 11) is 0. The second-order valence-corrected chi connectivity index (χ2v) is 6.48. The van der Waals surface area contributed by atoms with Gasteiger partial charge >= 0.3 is 0 Å². The Balaban J connectivity index is 1.98. The first-order valence-corrected chi connectivity index (χ1v) is 8.42. The SMILES string of the molecule is Cc1ccc(-n2c(C)cc(C=Nc3cc([N+](=O)[O-])ccc3C)c2C)cc1. The molecule has 0 aliphatic carbocycles. The minimum Gasteiger partial charge on any atom is -0.318 e. The van der Waals surface area contributed by atoms with Gasteiger partial charge in [0.25, 0.3) is 5.69 Å². The number of nitrogens with zero attached hydrogens (tertiary/aromatic N) is 3. The second kappa shape index (κ2) is 6.96. The minimum atomic E-state index is -0.401. The highest BCUT2D eigenvalue weighted by molar-refractivity contribution is 5.84. The van der Waals surface area contributed by atoms with Crippen molar-refractivity contribution < 1.29 is 4.92 Å². The van der Waals surface area contributed by atoms with Crippen molar-refractivity contribution in [2.24, 2.45) is 4.99 Å². The molecule has 0 N–H and O–H groups in total. The average Bonchev–Trinajstić information content (AvgIpc) is 2.89. The number of aliphatic imine (C=N–C) groups is 1. The van der Waals surface area contributed by atoms with E-state index in [1.54, 1.807) is 12.3 Å². The molecule has 132 valence electrons. The highest BCUT2D eigenvalue weighted by atomic mass is 16.6. The van der Waals surface area contributed by atoms with Crippen LogP contribution in [0.4, 0.5) is 11.4 Å². The van der Waals surface area contributed by atoms with E-state index >= 15 is 0 Å². The van der Waals surface area contributed by atoms with Crippen molar-refractivity contribution in [2.75, 3.05) is 0 Å². The van der Waals surface area contributed by atoms with E-state index in [4.69, 9.17) is 0 Å². The van der Waals surface area contributed by atoms with Crippen molar-refractivity contribution in [1.29, 1.82) is 0 Å². The third kappa shape index (κ3) is 3.42. The van der Waals surface area contributed by atoms with Gasteiger partial charge in [-0.3, -0.25) is 15.1 Å². The Labute approximate surface area is 152 Å². The van der Waals surface area contributed by atoms with Crippen LogP contribution in [0.15, 0.2) is 53.5 Å². The first-order chi connectivity index (χ1) is 12.4. The van der Waals surface area contributed by atoms with Crippen LogP contribution >= 0.6 is 0 Å². The van der Waals surface area contributed by atoms with Crippen molar-refractivity contribution in [3.05, 3.63) is 86.7 Å². The Bertz CT molecular complexity index is 999. The maximum absolute atomic E-state index is 11.0. The van der Waals surface area contributed by atoms with Gasteiger partial charge < -0.3 is 4.57 Å². The lowest BCUT2D eigenvalue weighted by Crippen LogP contribution is -1.99. The summed E-state index contributed by atoms with van der Waals surface area (Å²) in [5.74, 6) is 0. The van der Waals surface area contributed by atoms with Crippen LogP contribution in [-0.2, 0) is 0 Å². The number of aryl methyl sites for hydroxylation is 3. The number of rotatable bonds is 4. The van der Waals surface area contributed by atoms with Gasteiger partial charge in [0.2, 0.25) is 0 Å². The molecule has 26 heavy (non-hydrogen) atoms. The van der Waals surface area contributed by atoms with Crippen LogP contribution in [-0.4, -0.2) is 15.7 Å². The fourth-order valence-corrected chi connectivity index (χ4v) is 3.00. The van der Waals surface area contributed by atoms with E-state index in [0.717, 1.165) is 28.2 Å². The summed E-state index contributed by atoms with van der Waals surface area (Å²) < 4.78 is 2.18. The number of non-ortho nitro benzene ring substituents is 1. The van der Waals surface area contributed by atoms with Crippen molar-refractivity contribution >= 4 is 17.6 Å². The van der Waals surface area contributed by atoms with Gasteiger partial charge in [0, 0.05) is 41.0 Å². The number of hydrogen-bond acceptors (Lipinski definition) is 3.